The predicted octanol–water partition coefficient (Wildman–Crippen LogP) is 2.05. The Morgan fingerprint density at radius 2 is 2.29 bits per heavy atom. The van der Waals surface area contributed by atoms with E-state index in [1.54, 1.807) is 0 Å². The van der Waals surface area contributed by atoms with Crippen LogP contribution in [0.3, 0.4) is 0 Å². The van der Waals surface area contributed by atoms with Crippen LogP contribution >= 0.6 is 0 Å². The summed E-state index contributed by atoms with van der Waals surface area (Å²) < 4.78 is 0. The van der Waals surface area contributed by atoms with Gasteiger partial charge in [0.1, 0.15) is 5.75 Å². The van der Waals surface area contributed by atoms with Gasteiger partial charge < -0.3 is 10.0 Å². The van der Waals surface area contributed by atoms with Crippen molar-refractivity contribution in [1.82, 2.24) is 9.88 Å². The molecule has 92 valence electrons. The van der Waals surface area contributed by atoms with Crippen LogP contribution in [-0.4, -0.2) is 34.0 Å². The average molecular weight is 234 g/mol. The average Bonchev–Trinajstić information content (AvgIpc) is 3.11. The van der Waals surface area contributed by atoms with Crippen molar-refractivity contribution >= 4 is 5.91 Å². The number of pyridine rings is 1. The number of nitrogens with zero attached hydrogens (tertiary/aromatic N) is 2. The van der Waals surface area contributed by atoms with Crippen LogP contribution in [0.2, 0.25) is 0 Å². The summed E-state index contributed by atoms with van der Waals surface area (Å²) >= 11 is 0. The maximum Gasteiger partial charge on any atom is 0.255 e. The van der Waals surface area contributed by atoms with E-state index in [0.717, 1.165) is 19.5 Å². The first-order chi connectivity index (χ1) is 8.20. The summed E-state index contributed by atoms with van der Waals surface area (Å²) in [5.41, 5.74) is 0.471. The van der Waals surface area contributed by atoms with Crippen molar-refractivity contribution in [2.45, 2.75) is 26.2 Å². The molecule has 0 radical (unpaired) electrons. The monoisotopic (exact) mass is 234 g/mol. The van der Waals surface area contributed by atoms with Gasteiger partial charge in [0.05, 0.1) is 11.8 Å². The molecule has 17 heavy (non-hydrogen) atoms. The molecule has 0 spiro atoms. The van der Waals surface area contributed by atoms with Gasteiger partial charge in [0.25, 0.3) is 5.91 Å². The van der Waals surface area contributed by atoms with Crippen LogP contribution in [0.4, 0.5) is 0 Å². The van der Waals surface area contributed by atoms with E-state index >= 15 is 0 Å². The van der Waals surface area contributed by atoms with Crippen LogP contribution in [0.15, 0.2) is 18.5 Å². The minimum Gasteiger partial charge on any atom is -0.506 e. The Morgan fingerprint density at radius 3 is 2.88 bits per heavy atom. The molecule has 1 fully saturated rings. The summed E-state index contributed by atoms with van der Waals surface area (Å²) in [5, 5.41) is 9.33. The number of aromatic nitrogens is 1. The topological polar surface area (TPSA) is 53.4 Å². The van der Waals surface area contributed by atoms with Gasteiger partial charge in [-0.1, -0.05) is 6.92 Å². The quantitative estimate of drug-likeness (QED) is 0.848. The van der Waals surface area contributed by atoms with Gasteiger partial charge in [0.15, 0.2) is 0 Å². The number of hydrogen-bond donors (Lipinski definition) is 1. The third-order valence-electron chi connectivity index (χ3n) is 2.93. The fraction of sp³-hybridized carbons (Fsp3) is 0.538. The normalized spacial score (nSPS) is 14.6. The van der Waals surface area contributed by atoms with Gasteiger partial charge in [0, 0.05) is 19.3 Å². The molecule has 0 aliphatic heterocycles. The zero-order chi connectivity index (χ0) is 12.3. The number of rotatable bonds is 5. The molecule has 0 atom stereocenters. The number of aromatic hydroxyl groups is 1. The summed E-state index contributed by atoms with van der Waals surface area (Å²) in [6.07, 6.45) is 6.25. The fourth-order valence-corrected chi connectivity index (χ4v) is 1.89. The summed E-state index contributed by atoms with van der Waals surface area (Å²) in [4.78, 5) is 17.9. The molecule has 1 aliphatic rings. The lowest BCUT2D eigenvalue weighted by molar-refractivity contribution is 0.0747. The van der Waals surface area contributed by atoms with E-state index < -0.39 is 0 Å². The largest absolute Gasteiger partial charge is 0.506 e. The molecule has 0 saturated heterocycles. The molecule has 0 bridgehead atoms. The second-order valence-electron chi connectivity index (χ2n) is 4.63. The van der Waals surface area contributed by atoms with E-state index in [4.69, 9.17) is 0 Å². The Balaban J connectivity index is 2.08. The van der Waals surface area contributed by atoms with Gasteiger partial charge >= 0.3 is 0 Å². The Labute approximate surface area is 101 Å². The van der Waals surface area contributed by atoms with E-state index in [9.17, 15) is 9.90 Å². The molecule has 0 aromatic carbocycles. The zero-order valence-corrected chi connectivity index (χ0v) is 10.1. The van der Waals surface area contributed by atoms with Crippen molar-refractivity contribution in [3.05, 3.63) is 24.0 Å². The molecule has 1 aromatic rings. The Bertz CT molecular complexity index is 402. The highest BCUT2D eigenvalue weighted by Crippen LogP contribution is 2.30. The van der Waals surface area contributed by atoms with Crippen molar-refractivity contribution in [2.24, 2.45) is 5.92 Å². The van der Waals surface area contributed by atoms with Gasteiger partial charge in [-0.3, -0.25) is 9.78 Å². The minimum atomic E-state index is -0.0258. The third-order valence-corrected chi connectivity index (χ3v) is 2.93. The van der Waals surface area contributed by atoms with Crippen molar-refractivity contribution in [3.8, 4) is 5.75 Å². The molecule has 1 N–H and O–H groups in total. The van der Waals surface area contributed by atoms with E-state index in [-0.39, 0.29) is 11.7 Å². The minimum absolute atomic E-state index is 0.0258. The standard InChI is InChI=1S/C13H18N2O2/c1-2-5-15(9-10-3-4-10)13(17)11-6-12(16)8-14-7-11/h6-8,10,16H,2-5,9H2,1H3. The molecular formula is C13H18N2O2. The zero-order valence-electron chi connectivity index (χ0n) is 10.1. The van der Waals surface area contributed by atoms with Gasteiger partial charge in [-0.05, 0) is 31.2 Å². The Hall–Kier alpha value is -1.58. The van der Waals surface area contributed by atoms with Crippen LogP contribution in [-0.2, 0) is 0 Å². The molecule has 1 saturated carbocycles. The first kappa shape index (κ1) is 11.9. The van der Waals surface area contributed by atoms with Crippen LogP contribution in [0, 0.1) is 5.92 Å². The second kappa shape index (κ2) is 5.17. The lowest BCUT2D eigenvalue weighted by Gasteiger charge is -2.21. The number of hydrogen-bond acceptors (Lipinski definition) is 3. The molecule has 1 amide bonds. The number of carbonyl (C=O) groups is 1. The van der Waals surface area contributed by atoms with Crippen molar-refractivity contribution in [1.29, 1.82) is 0 Å². The van der Waals surface area contributed by atoms with Crippen molar-refractivity contribution < 1.29 is 9.90 Å². The summed E-state index contributed by atoms with van der Waals surface area (Å²) in [5.74, 6) is 0.691. The lowest BCUT2D eigenvalue weighted by Crippen LogP contribution is -2.33. The van der Waals surface area contributed by atoms with E-state index in [0.29, 0.717) is 11.5 Å². The van der Waals surface area contributed by atoms with Crippen molar-refractivity contribution in [2.75, 3.05) is 13.1 Å². The molecular weight excluding hydrogens is 216 g/mol. The van der Waals surface area contributed by atoms with Crippen molar-refractivity contribution in [3.63, 3.8) is 0 Å². The van der Waals surface area contributed by atoms with E-state index in [1.165, 1.54) is 31.3 Å². The Kier molecular flexibility index (Phi) is 3.61. The van der Waals surface area contributed by atoms with Gasteiger partial charge in [-0.2, -0.15) is 0 Å². The molecule has 2 rings (SSSR count). The van der Waals surface area contributed by atoms with Gasteiger partial charge in [0.2, 0.25) is 0 Å². The maximum absolute atomic E-state index is 12.2. The molecule has 1 heterocycles. The van der Waals surface area contributed by atoms with Gasteiger partial charge in [-0.15, -0.1) is 0 Å². The first-order valence-electron chi connectivity index (χ1n) is 6.14. The SMILES string of the molecule is CCCN(CC1CC1)C(=O)c1cncc(O)c1. The second-order valence-corrected chi connectivity index (χ2v) is 4.63. The smallest absolute Gasteiger partial charge is 0.255 e. The summed E-state index contributed by atoms with van der Waals surface area (Å²) in [7, 11) is 0. The highest BCUT2D eigenvalue weighted by atomic mass is 16.3. The van der Waals surface area contributed by atoms with Gasteiger partial charge in [-0.25, -0.2) is 0 Å². The molecule has 1 aromatic heterocycles. The van der Waals surface area contributed by atoms with Crippen LogP contribution < -0.4 is 0 Å². The number of carbonyl (C=O) groups excluding carboxylic acids is 1. The lowest BCUT2D eigenvalue weighted by atomic mass is 10.2. The highest BCUT2D eigenvalue weighted by molar-refractivity contribution is 5.94. The summed E-state index contributed by atoms with van der Waals surface area (Å²) in [6, 6.07) is 1.48. The van der Waals surface area contributed by atoms with Crippen LogP contribution in [0.1, 0.15) is 36.5 Å². The molecule has 4 nitrogen and oxygen atoms in total. The highest BCUT2D eigenvalue weighted by Gasteiger charge is 2.27. The van der Waals surface area contributed by atoms with E-state index in [2.05, 4.69) is 11.9 Å². The summed E-state index contributed by atoms with van der Waals surface area (Å²) in [6.45, 7) is 3.67. The molecule has 4 heteroatoms. The predicted molar refractivity (Wildman–Crippen MR) is 64.8 cm³/mol. The molecule has 0 unspecified atom stereocenters. The number of amides is 1. The fourth-order valence-electron chi connectivity index (χ4n) is 1.89. The van der Waals surface area contributed by atoms with Crippen LogP contribution in [0.25, 0.3) is 0 Å². The van der Waals surface area contributed by atoms with E-state index in [1.807, 2.05) is 4.90 Å². The maximum atomic E-state index is 12.2. The molecule has 1 aliphatic carbocycles. The van der Waals surface area contributed by atoms with Crippen LogP contribution in [0.5, 0.6) is 5.75 Å². The first-order valence-corrected chi connectivity index (χ1v) is 6.14. The Morgan fingerprint density at radius 1 is 1.53 bits per heavy atom. The third kappa shape index (κ3) is 3.19.